The number of halogens is 1. The minimum absolute atomic E-state index is 0. The summed E-state index contributed by atoms with van der Waals surface area (Å²) in [5.74, 6) is 2.38. The van der Waals surface area contributed by atoms with Crippen molar-refractivity contribution in [3.05, 3.63) is 23.8 Å². The molecule has 6 nitrogen and oxygen atoms in total. The monoisotopic (exact) mass is 447 g/mol. The molecule has 7 heteroatoms. The van der Waals surface area contributed by atoms with Crippen molar-refractivity contribution in [1.29, 1.82) is 0 Å². The van der Waals surface area contributed by atoms with Crippen LogP contribution in [0.25, 0.3) is 0 Å². The van der Waals surface area contributed by atoms with Gasteiger partial charge in [-0.15, -0.1) is 24.0 Å². The summed E-state index contributed by atoms with van der Waals surface area (Å²) in [4.78, 5) is 4.50. The fourth-order valence-electron chi connectivity index (χ4n) is 2.73. The Hall–Kier alpha value is -1.22. The lowest BCUT2D eigenvalue weighted by Crippen LogP contribution is -2.43. The molecule has 0 amide bonds. The largest absolute Gasteiger partial charge is 0.454 e. The first-order valence-corrected chi connectivity index (χ1v) is 8.32. The number of guanidine groups is 1. The van der Waals surface area contributed by atoms with E-state index in [9.17, 15) is 5.11 Å². The van der Waals surface area contributed by atoms with Gasteiger partial charge in [-0.05, 0) is 50.3 Å². The van der Waals surface area contributed by atoms with Gasteiger partial charge in [0.1, 0.15) is 0 Å². The van der Waals surface area contributed by atoms with Crippen LogP contribution in [0.4, 0.5) is 0 Å². The Morgan fingerprint density at radius 2 is 2.04 bits per heavy atom. The SMILES string of the molecule is CCNC(=NCC1(O)CCC1)NCCc1ccc2c(c1)OCO2.I. The summed E-state index contributed by atoms with van der Waals surface area (Å²) in [5, 5.41) is 16.7. The Morgan fingerprint density at radius 1 is 1.25 bits per heavy atom. The lowest BCUT2D eigenvalue weighted by Gasteiger charge is -2.35. The molecular formula is C17H26IN3O3. The van der Waals surface area contributed by atoms with E-state index in [1.807, 2.05) is 19.1 Å². The molecule has 0 saturated heterocycles. The van der Waals surface area contributed by atoms with E-state index in [0.29, 0.717) is 13.3 Å². The highest BCUT2D eigenvalue weighted by Crippen LogP contribution is 2.32. The number of fused-ring (bicyclic) bond motifs is 1. The number of aliphatic imine (C=N–C) groups is 1. The number of benzene rings is 1. The summed E-state index contributed by atoms with van der Waals surface area (Å²) >= 11 is 0. The first-order chi connectivity index (χ1) is 11.2. The third kappa shape index (κ3) is 4.89. The molecule has 1 saturated carbocycles. The van der Waals surface area contributed by atoms with Gasteiger partial charge in [0, 0.05) is 13.1 Å². The van der Waals surface area contributed by atoms with Gasteiger partial charge in [-0.1, -0.05) is 6.07 Å². The standard InChI is InChI=1S/C17H25N3O3.HI/c1-2-18-16(20-11-17(21)7-3-8-17)19-9-6-13-4-5-14-15(10-13)23-12-22-14;/h4-5,10,21H,2-3,6-9,11-12H2,1H3,(H2,18,19,20);1H. The molecule has 134 valence electrons. The van der Waals surface area contributed by atoms with E-state index in [1.54, 1.807) is 0 Å². The van der Waals surface area contributed by atoms with Crippen LogP contribution in [0.1, 0.15) is 31.7 Å². The van der Waals surface area contributed by atoms with Crippen molar-refractivity contribution in [1.82, 2.24) is 10.6 Å². The van der Waals surface area contributed by atoms with Gasteiger partial charge >= 0.3 is 0 Å². The topological polar surface area (TPSA) is 75.1 Å². The quantitative estimate of drug-likeness (QED) is 0.354. The zero-order valence-corrected chi connectivity index (χ0v) is 16.3. The molecule has 1 heterocycles. The summed E-state index contributed by atoms with van der Waals surface area (Å²) in [6.45, 7) is 4.37. The Bertz CT molecular complexity index is 576. The maximum absolute atomic E-state index is 10.1. The number of rotatable bonds is 6. The molecule has 2 aliphatic rings. The highest BCUT2D eigenvalue weighted by atomic mass is 127. The van der Waals surface area contributed by atoms with E-state index in [0.717, 1.165) is 56.2 Å². The molecule has 24 heavy (non-hydrogen) atoms. The molecule has 1 aliphatic carbocycles. The van der Waals surface area contributed by atoms with Crippen LogP contribution in [0.5, 0.6) is 11.5 Å². The fourth-order valence-corrected chi connectivity index (χ4v) is 2.73. The average molecular weight is 447 g/mol. The summed E-state index contributed by atoms with van der Waals surface area (Å²) in [6, 6.07) is 6.02. The zero-order valence-electron chi connectivity index (χ0n) is 14.0. The maximum Gasteiger partial charge on any atom is 0.231 e. The summed E-state index contributed by atoms with van der Waals surface area (Å²) < 4.78 is 10.7. The van der Waals surface area contributed by atoms with Crippen molar-refractivity contribution in [2.24, 2.45) is 4.99 Å². The predicted octanol–water partition coefficient (Wildman–Crippen LogP) is 2.05. The number of hydrogen-bond acceptors (Lipinski definition) is 4. The Morgan fingerprint density at radius 3 is 2.75 bits per heavy atom. The number of aliphatic hydroxyl groups is 1. The minimum Gasteiger partial charge on any atom is -0.454 e. The smallest absolute Gasteiger partial charge is 0.231 e. The van der Waals surface area contributed by atoms with Crippen LogP contribution in [0, 0.1) is 0 Å². The number of hydrogen-bond donors (Lipinski definition) is 3. The predicted molar refractivity (Wildman–Crippen MR) is 104 cm³/mol. The second-order valence-corrected chi connectivity index (χ2v) is 6.14. The van der Waals surface area contributed by atoms with Crippen molar-refractivity contribution >= 4 is 29.9 Å². The van der Waals surface area contributed by atoms with Crippen molar-refractivity contribution in [2.45, 2.75) is 38.2 Å². The van der Waals surface area contributed by atoms with Gasteiger partial charge in [-0.25, -0.2) is 0 Å². The molecule has 1 aromatic rings. The Balaban J connectivity index is 0.00000208. The van der Waals surface area contributed by atoms with Gasteiger partial charge in [0.15, 0.2) is 17.5 Å². The van der Waals surface area contributed by atoms with Gasteiger partial charge < -0.3 is 25.2 Å². The van der Waals surface area contributed by atoms with Gasteiger partial charge in [0.05, 0.1) is 12.1 Å². The van der Waals surface area contributed by atoms with Crippen molar-refractivity contribution in [3.8, 4) is 11.5 Å². The molecular weight excluding hydrogens is 421 g/mol. The molecule has 0 radical (unpaired) electrons. The van der Waals surface area contributed by atoms with E-state index in [2.05, 4.69) is 21.7 Å². The number of nitrogens with zero attached hydrogens (tertiary/aromatic N) is 1. The van der Waals surface area contributed by atoms with E-state index in [-0.39, 0.29) is 24.0 Å². The molecule has 1 fully saturated rings. The third-order valence-electron chi connectivity index (χ3n) is 4.30. The van der Waals surface area contributed by atoms with Crippen molar-refractivity contribution in [3.63, 3.8) is 0 Å². The van der Waals surface area contributed by atoms with E-state index >= 15 is 0 Å². The molecule has 3 rings (SSSR count). The first kappa shape index (κ1) is 19.1. The molecule has 1 aromatic carbocycles. The molecule has 1 aliphatic heterocycles. The Kier molecular flexibility index (Phi) is 6.97. The van der Waals surface area contributed by atoms with Crippen LogP contribution in [-0.2, 0) is 6.42 Å². The minimum atomic E-state index is -0.584. The normalized spacial score (nSPS) is 17.7. The molecule has 0 unspecified atom stereocenters. The second-order valence-electron chi connectivity index (χ2n) is 6.14. The van der Waals surface area contributed by atoms with Gasteiger partial charge in [-0.2, -0.15) is 0 Å². The first-order valence-electron chi connectivity index (χ1n) is 8.32. The van der Waals surface area contributed by atoms with E-state index in [4.69, 9.17) is 9.47 Å². The molecule has 3 N–H and O–H groups in total. The average Bonchev–Trinajstić information content (AvgIpc) is 2.98. The second kappa shape index (κ2) is 8.75. The van der Waals surface area contributed by atoms with Crippen LogP contribution < -0.4 is 20.1 Å². The molecule has 0 atom stereocenters. The highest BCUT2D eigenvalue weighted by Gasteiger charge is 2.34. The molecule has 0 spiro atoms. The van der Waals surface area contributed by atoms with Crippen LogP contribution in [0.3, 0.4) is 0 Å². The highest BCUT2D eigenvalue weighted by molar-refractivity contribution is 14.0. The summed E-state index contributed by atoms with van der Waals surface area (Å²) in [6.07, 6.45) is 3.67. The molecule has 0 aromatic heterocycles. The third-order valence-corrected chi connectivity index (χ3v) is 4.30. The number of ether oxygens (including phenoxy) is 2. The van der Waals surface area contributed by atoms with Crippen molar-refractivity contribution < 1.29 is 14.6 Å². The lowest BCUT2D eigenvalue weighted by molar-refractivity contribution is -0.0236. The Labute approximate surface area is 160 Å². The zero-order chi connectivity index (χ0) is 16.1. The van der Waals surface area contributed by atoms with Crippen LogP contribution in [0.15, 0.2) is 23.2 Å². The van der Waals surface area contributed by atoms with Gasteiger partial charge in [0.2, 0.25) is 6.79 Å². The number of nitrogens with one attached hydrogen (secondary N) is 2. The van der Waals surface area contributed by atoms with Gasteiger partial charge in [-0.3, -0.25) is 4.99 Å². The van der Waals surface area contributed by atoms with Crippen molar-refractivity contribution in [2.75, 3.05) is 26.4 Å². The maximum atomic E-state index is 10.1. The van der Waals surface area contributed by atoms with E-state index < -0.39 is 5.60 Å². The van der Waals surface area contributed by atoms with E-state index in [1.165, 1.54) is 5.56 Å². The lowest BCUT2D eigenvalue weighted by atomic mass is 9.80. The van der Waals surface area contributed by atoms with Crippen LogP contribution >= 0.6 is 24.0 Å². The summed E-state index contributed by atoms with van der Waals surface area (Å²) in [5.41, 5.74) is 0.606. The summed E-state index contributed by atoms with van der Waals surface area (Å²) in [7, 11) is 0. The fraction of sp³-hybridized carbons (Fsp3) is 0.588. The molecule has 0 bridgehead atoms. The van der Waals surface area contributed by atoms with Gasteiger partial charge in [0.25, 0.3) is 0 Å². The van der Waals surface area contributed by atoms with Crippen LogP contribution in [0.2, 0.25) is 0 Å². The van der Waals surface area contributed by atoms with Crippen LogP contribution in [-0.4, -0.2) is 43.1 Å².